The quantitative estimate of drug-likeness (QED) is 0.407. The molecule has 2 aliphatic heterocycles. The predicted octanol–water partition coefficient (Wildman–Crippen LogP) is 6.51. The minimum Gasteiger partial charge on any atom is -0.395 e. The van der Waals surface area contributed by atoms with Crippen LogP contribution in [0.5, 0.6) is 0 Å². The van der Waals surface area contributed by atoms with E-state index < -0.39 is 0 Å². The number of anilines is 2. The number of likely N-dealkylation sites (N-methyl/N-ethyl adjacent to an activating group) is 1. The first kappa shape index (κ1) is 26.2. The molecule has 1 N–H and O–H groups in total. The number of amidine groups is 1. The molecule has 6 nitrogen and oxygen atoms in total. The second-order valence-electron chi connectivity index (χ2n) is 9.69. The van der Waals surface area contributed by atoms with E-state index in [-0.39, 0.29) is 18.6 Å². The molecule has 3 aliphatic rings. The summed E-state index contributed by atoms with van der Waals surface area (Å²) in [4.78, 5) is 27.6. The number of para-hydroxylation sites is 1. The standard InChI is InChI=1S/C29H36N4O2S2/c1-4-31(17-18-34)22-15-16-23(20(3)19-22)30-29-33(21-11-7-6-8-12-21)27(35)26(37-29)28-32(5-2)24-13-9-10-14-25(24)36-28/h9-10,13-16,19,21,34H,4-8,11-12,17-18H2,1-3H3. The molecule has 8 heteroatoms. The van der Waals surface area contributed by atoms with Crippen LogP contribution in [-0.4, -0.2) is 53.4 Å². The Labute approximate surface area is 228 Å². The summed E-state index contributed by atoms with van der Waals surface area (Å²) in [5, 5.41) is 11.2. The summed E-state index contributed by atoms with van der Waals surface area (Å²) in [6.45, 7) is 8.68. The van der Waals surface area contributed by atoms with Crippen LogP contribution in [0.1, 0.15) is 51.5 Å². The predicted molar refractivity (Wildman–Crippen MR) is 157 cm³/mol. The molecule has 37 heavy (non-hydrogen) atoms. The number of carbonyl (C=O) groups excluding carboxylic acids is 1. The maximum absolute atomic E-state index is 14.0. The van der Waals surface area contributed by atoms with Crippen molar-refractivity contribution in [2.75, 3.05) is 36.0 Å². The van der Waals surface area contributed by atoms with Gasteiger partial charge in [-0.15, -0.1) is 0 Å². The highest BCUT2D eigenvalue weighted by molar-refractivity contribution is 8.19. The Hall–Kier alpha value is -2.42. The Morgan fingerprint density at radius 3 is 2.57 bits per heavy atom. The van der Waals surface area contributed by atoms with E-state index in [1.807, 2.05) is 11.0 Å². The van der Waals surface area contributed by atoms with Gasteiger partial charge in [0.05, 0.1) is 18.0 Å². The van der Waals surface area contributed by atoms with E-state index in [2.05, 4.69) is 67.0 Å². The second-order valence-corrected chi connectivity index (χ2v) is 11.7. The molecule has 2 aromatic carbocycles. The summed E-state index contributed by atoms with van der Waals surface area (Å²) in [6, 6.07) is 14.8. The largest absolute Gasteiger partial charge is 0.395 e. The lowest BCUT2D eigenvalue weighted by Gasteiger charge is -2.30. The van der Waals surface area contributed by atoms with E-state index >= 15 is 0 Å². The van der Waals surface area contributed by atoms with Crippen LogP contribution in [0.3, 0.4) is 0 Å². The molecule has 0 aromatic heterocycles. The summed E-state index contributed by atoms with van der Waals surface area (Å²) in [7, 11) is 0. The van der Waals surface area contributed by atoms with Gasteiger partial charge in [0.2, 0.25) is 0 Å². The summed E-state index contributed by atoms with van der Waals surface area (Å²) in [5.41, 5.74) is 4.21. The molecular formula is C29H36N4O2S2. The van der Waals surface area contributed by atoms with Crippen molar-refractivity contribution in [3.8, 4) is 0 Å². The molecule has 0 spiro atoms. The lowest BCUT2D eigenvalue weighted by atomic mass is 9.94. The number of hydrogen-bond acceptors (Lipinski definition) is 7. The van der Waals surface area contributed by atoms with Crippen LogP contribution < -0.4 is 9.80 Å². The molecule has 1 amide bonds. The SMILES string of the molecule is CCN(CCO)c1ccc(N=C2SC(=C3Sc4ccccc4N3CC)C(=O)N2C2CCCCC2)c(C)c1. The molecule has 0 radical (unpaired) electrons. The van der Waals surface area contributed by atoms with Crippen molar-refractivity contribution >= 4 is 51.7 Å². The Morgan fingerprint density at radius 2 is 1.86 bits per heavy atom. The number of aliphatic hydroxyl groups excluding tert-OH is 1. The number of nitrogens with zero attached hydrogens (tertiary/aromatic N) is 4. The van der Waals surface area contributed by atoms with Crippen molar-refractivity contribution in [3.05, 3.63) is 58.0 Å². The van der Waals surface area contributed by atoms with Gasteiger partial charge in [0.1, 0.15) is 9.93 Å². The normalized spacial score (nSPS) is 21.3. The topological polar surface area (TPSA) is 59.4 Å². The molecule has 0 unspecified atom stereocenters. The zero-order valence-electron chi connectivity index (χ0n) is 21.9. The third-order valence-electron chi connectivity index (χ3n) is 7.38. The zero-order chi connectivity index (χ0) is 25.9. The first-order valence-electron chi connectivity index (χ1n) is 13.4. The third-order valence-corrected chi connectivity index (χ3v) is 9.74. The van der Waals surface area contributed by atoms with E-state index in [0.29, 0.717) is 6.54 Å². The first-order chi connectivity index (χ1) is 18.0. The third kappa shape index (κ3) is 5.16. The van der Waals surface area contributed by atoms with Crippen molar-refractivity contribution < 1.29 is 9.90 Å². The van der Waals surface area contributed by atoms with Crippen molar-refractivity contribution in [2.45, 2.75) is 63.8 Å². The van der Waals surface area contributed by atoms with E-state index in [9.17, 15) is 9.90 Å². The first-order valence-corrected chi connectivity index (χ1v) is 15.0. The van der Waals surface area contributed by atoms with Gasteiger partial charge < -0.3 is 14.9 Å². The average Bonchev–Trinajstić information content (AvgIpc) is 3.45. The van der Waals surface area contributed by atoms with E-state index in [1.165, 1.54) is 28.8 Å². The van der Waals surface area contributed by atoms with Gasteiger partial charge in [-0.2, -0.15) is 0 Å². The minimum absolute atomic E-state index is 0.0961. The highest BCUT2D eigenvalue weighted by Gasteiger charge is 2.42. The molecular weight excluding hydrogens is 500 g/mol. The lowest BCUT2D eigenvalue weighted by molar-refractivity contribution is -0.124. The Balaban J connectivity index is 1.53. The molecule has 2 heterocycles. The number of aliphatic imine (C=N–C) groups is 1. The van der Waals surface area contributed by atoms with Crippen LogP contribution in [0.15, 0.2) is 62.3 Å². The van der Waals surface area contributed by atoms with Gasteiger partial charge in [-0.05, 0) is 81.3 Å². The fourth-order valence-electron chi connectivity index (χ4n) is 5.43. The summed E-state index contributed by atoms with van der Waals surface area (Å²) in [6.07, 6.45) is 5.62. The maximum atomic E-state index is 14.0. The highest BCUT2D eigenvalue weighted by atomic mass is 32.2. The van der Waals surface area contributed by atoms with Crippen molar-refractivity contribution in [2.24, 2.45) is 4.99 Å². The van der Waals surface area contributed by atoms with Crippen LogP contribution in [0.4, 0.5) is 17.1 Å². The number of aliphatic hydroxyl groups is 1. The van der Waals surface area contributed by atoms with E-state index in [1.54, 1.807) is 11.8 Å². The van der Waals surface area contributed by atoms with Gasteiger partial charge in [-0.3, -0.25) is 9.69 Å². The number of fused-ring (bicyclic) bond motifs is 1. The van der Waals surface area contributed by atoms with Gasteiger partial charge in [-0.1, -0.05) is 43.2 Å². The van der Waals surface area contributed by atoms with Crippen LogP contribution in [0.2, 0.25) is 0 Å². The highest BCUT2D eigenvalue weighted by Crippen LogP contribution is 2.51. The monoisotopic (exact) mass is 536 g/mol. The molecule has 1 saturated carbocycles. The average molecular weight is 537 g/mol. The van der Waals surface area contributed by atoms with Gasteiger partial charge in [-0.25, -0.2) is 4.99 Å². The van der Waals surface area contributed by atoms with Gasteiger partial charge in [0.25, 0.3) is 5.91 Å². The van der Waals surface area contributed by atoms with Gasteiger partial charge >= 0.3 is 0 Å². The molecule has 1 aliphatic carbocycles. The van der Waals surface area contributed by atoms with Gasteiger partial charge in [0, 0.05) is 36.3 Å². The maximum Gasteiger partial charge on any atom is 0.269 e. The Morgan fingerprint density at radius 1 is 1.08 bits per heavy atom. The van der Waals surface area contributed by atoms with Crippen LogP contribution in [-0.2, 0) is 4.79 Å². The van der Waals surface area contributed by atoms with Crippen molar-refractivity contribution in [1.29, 1.82) is 0 Å². The Bertz CT molecular complexity index is 1220. The summed E-state index contributed by atoms with van der Waals surface area (Å²) < 4.78 is 0. The van der Waals surface area contributed by atoms with E-state index in [0.717, 1.165) is 70.8 Å². The van der Waals surface area contributed by atoms with Gasteiger partial charge in [0.15, 0.2) is 5.17 Å². The van der Waals surface area contributed by atoms with Crippen molar-refractivity contribution in [3.63, 3.8) is 0 Å². The number of amides is 1. The minimum atomic E-state index is 0.0961. The number of thioether (sulfide) groups is 2. The fraction of sp³-hybridized carbons (Fsp3) is 0.448. The lowest BCUT2D eigenvalue weighted by Crippen LogP contribution is -2.40. The van der Waals surface area contributed by atoms with Crippen LogP contribution in [0.25, 0.3) is 0 Å². The molecule has 0 atom stereocenters. The summed E-state index contributed by atoms with van der Waals surface area (Å²) in [5.74, 6) is 0.0961. The molecule has 0 bridgehead atoms. The second kappa shape index (κ2) is 11.5. The molecule has 196 valence electrons. The smallest absolute Gasteiger partial charge is 0.269 e. The molecule has 5 rings (SSSR count). The Kier molecular flexibility index (Phi) is 8.17. The fourth-order valence-corrected chi connectivity index (χ4v) is 7.87. The van der Waals surface area contributed by atoms with Crippen LogP contribution >= 0.6 is 23.5 Å². The summed E-state index contributed by atoms with van der Waals surface area (Å²) >= 11 is 3.23. The van der Waals surface area contributed by atoms with Crippen LogP contribution in [0, 0.1) is 6.92 Å². The zero-order valence-corrected chi connectivity index (χ0v) is 23.6. The molecule has 2 fully saturated rings. The number of carbonyl (C=O) groups is 1. The molecule has 1 saturated heterocycles. The van der Waals surface area contributed by atoms with Crippen molar-refractivity contribution in [1.82, 2.24) is 4.90 Å². The number of rotatable bonds is 7. The number of hydrogen-bond donors (Lipinski definition) is 1. The molecule has 2 aromatic rings. The number of aryl methyl sites for hydroxylation is 1. The van der Waals surface area contributed by atoms with E-state index in [4.69, 9.17) is 4.99 Å². The number of benzene rings is 2.